The van der Waals surface area contributed by atoms with Crippen LogP contribution in [0.5, 0.6) is 0 Å². The highest BCUT2D eigenvalue weighted by Crippen LogP contribution is 2.81. The summed E-state index contributed by atoms with van der Waals surface area (Å²) in [6.45, 7) is 9.38. The minimum atomic E-state index is -2.21. The van der Waals surface area contributed by atoms with Gasteiger partial charge >= 0.3 is 23.9 Å². The second-order valence-electron chi connectivity index (χ2n) is 15.1. The fourth-order valence-corrected chi connectivity index (χ4v) is 11.2. The number of carbonyl (C=O) groups excluding carboxylic acids is 4. The first-order chi connectivity index (χ1) is 21.4. The van der Waals surface area contributed by atoms with Gasteiger partial charge in [0.1, 0.15) is 23.4 Å². The number of methoxy groups -OCH3 is 1. The molecule has 0 amide bonds. The summed E-state index contributed by atoms with van der Waals surface area (Å²) < 4.78 is 49.2. The summed E-state index contributed by atoms with van der Waals surface area (Å²) in [6, 6.07) is 1.74. The van der Waals surface area contributed by atoms with Crippen LogP contribution in [0.25, 0.3) is 0 Å². The molecule has 13 heteroatoms. The van der Waals surface area contributed by atoms with E-state index in [1.54, 1.807) is 13.0 Å². The van der Waals surface area contributed by atoms with E-state index in [0.717, 1.165) is 0 Å². The smallest absolute Gasteiger partial charge is 0.306 e. The molecule has 1 spiro atoms. The van der Waals surface area contributed by atoms with Gasteiger partial charge in [-0.1, -0.05) is 20.8 Å². The van der Waals surface area contributed by atoms with Crippen molar-refractivity contribution < 1.29 is 61.9 Å². The quantitative estimate of drug-likeness (QED) is 0.367. The maximum Gasteiger partial charge on any atom is 0.306 e. The normalized spacial score (nSPS) is 50.0. The molecule has 1 N–H and O–H groups in total. The third-order valence-electron chi connectivity index (χ3n) is 12.6. The van der Waals surface area contributed by atoms with Crippen molar-refractivity contribution in [2.45, 2.75) is 115 Å². The highest BCUT2D eigenvalue weighted by molar-refractivity contribution is 5.73. The van der Waals surface area contributed by atoms with Crippen molar-refractivity contribution in [2.24, 2.45) is 28.1 Å². The van der Waals surface area contributed by atoms with Crippen LogP contribution in [0.4, 0.5) is 0 Å². The molecule has 4 heterocycles. The third-order valence-corrected chi connectivity index (χ3v) is 12.6. The largest absolute Gasteiger partial charge is 0.472 e. The first-order valence-corrected chi connectivity index (χ1v) is 15.8. The van der Waals surface area contributed by atoms with Crippen LogP contribution in [0.1, 0.15) is 85.3 Å². The minimum absolute atomic E-state index is 0.0735. The van der Waals surface area contributed by atoms with Gasteiger partial charge < -0.3 is 42.7 Å². The average molecular weight is 647 g/mol. The van der Waals surface area contributed by atoms with Gasteiger partial charge in [-0.05, 0) is 31.2 Å². The van der Waals surface area contributed by atoms with Crippen molar-refractivity contribution in [3.05, 3.63) is 24.2 Å². The van der Waals surface area contributed by atoms with Gasteiger partial charge in [0, 0.05) is 54.9 Å². The molecule has 5 bridgehead atoms. The van der Waals surface area contributed by atoms with Crippen LogP contribution < -0.4 is 0 Å². The van der Waals surface area contributed by atoms with Gasteiger partial charge in [-0.15, -0.1) is 0 Å². The van der Waals surface area contributed by atoms with Gasteiger partial charge in [-0.3, -0.25) is 19.2 Å². The molecule has 46 heavy (non-hydrogen) atoms. The van der Waals surface area contributed by atoms with Crippen LogP contribution in [0.3, 0.4) is 0 Å². The Kier molecular flexibility index (Phi) is 6.56. The Morgan fingerprint density at radius 3 is 2.33 bits per heavy atom. The average Bonchev–Trinajstić information content (AvgIpc) is 3.59. The highest BCUT2D eigenvalue weighted by atomic mass is 16.9. The van der Waals surface area contributed by atoms with E-state index in [-0.39, 0.29) is 12.8 Å². The Bertz CT molecular complexity index is 1490. The number of aliphatic hydroxyl groups is 1. The molecule has 0 aromatic carbocycles. The number of rotatable bonds is 5. The number of hydrogen-bond acceptors (Lipinski definition) is 13. The monoisotopic (exact) mass is 646 g/mol. The van der Waals surface area contributed by atoms with E-state index < -0.39 is 99.7 Å². The lowest BCUT2D eigenvalue weighted by molar-refractivity contribution is -0.402. The Balaban J connectivity index is 1.56. The van der Waals surface area contributed by atoms with E-state index in [1.807, 2.05) is 20.8 Å². The second-order valence-corrected chi connectivity index (χ2v) is 15.1. The maximum atomic E-state index is 13.6. The lowest BCUT2D eigenvalue weighted by Crippen LogP contribution is -2.88. The molecule has 3 aliphatic heterocycles. The molecular weight excluding hydrogens is 604 g/mol. The molecule has 12 unspecified atom stereocenters. The van der Waals surface area contributed by atoms with E-state index in [1.165, 1.54) is 33.5 Å². The highest BCUT2D eigenvalue weighted by Gasteiger charge is 2.91. The van der Waals surface area contributed by atoms with Crippen LogP contribution in [0.15, 0.2) is 23.0 Å². The summed E-state index contributed by atoms with van der Waals surface area (Å²) in [6.07, 6.45) is 0.289. The number of esters is 4. The van der Waals surface area contributed by atoms with Gasteiger partial charge in [0.05, 0.1) is 32.7 Å². The molecule has 1 aromatic heterocycles. The third kappa shape index (κ3) is 3.65. The number of furan rings is 1. The molecule has 3 saturated heterocycles. The van der Waals surface area contributed by atoms with E-state index in [4.69, 9.17) is 37.6 Å². The summed E-state index contributed by atoms with van der Waals surface area (Å²) >= 11 is 0. The van der Waals surface area contributed by atoms with Crippen LogP contribution >= 0.6 is 0 Å². The van der Waals surface area contributed by atoms with Gasteiger partial charge in [0.2, 0.25) is 0 Å². The number of fused-ring (bicyclic) bond motifs is 2. The lowest BCUT2D eigenvalue weighted by Gasteiger charge is -2.77. The van der Waals surface area contributed by atoms with E-state index in [0.29, 0.717) is 24.8 Å². The first kappa shape index (κ1) is 31.6. The molecule has 7 aliphatic rings. The fourth-order valence-electron chi connectivity index (χ4n) is 11.2. The van der Waals surface area contributed by atoms with Crippen molar-refractivity contribution >= 4 is 23.9 Å². The number of cyclic esters (lactones) is 1. The Hall–Kier alpha value is -3.00. The minimum Gasteiger partial charge on any atom is -0.472 e. The van der Waals surface area contributed by atoms with E-state index >= 15 is 0 Å². The summed E-state index contributed by atoms with van der Waals surface area (Å²) in [5.74, 6) is -5.52. The number of ether oxygens (including phenoxy) is 7. The van der Waals surface area contributed by atoms with Crippen molar-refractivity contribution in [2.75, 3.05) is 13.7 Å². The van der Waals surface area contributed by atoms with Crippen LogP contribution in [0, 0.1) is 28.1 Å². The summed E-state index contributed by atoms with van der Waals surface area (Å²) in [5.41, 5.74) is -7.47. The zero-order chi connectivity index (χ0) is 33.3. The molecule has 0 radical (unpaired) electrons. The van der Waals surface area contributed by atoms with Gasteiger partial charge in [0.15, 0.2) is 11.7 Å². The van der Waals surface area contributed by atoms with Gasteiger partial charge in [-0.25, -0.2) is 0 Å². The van der Waals surface area contributed by atoms with E-state index in [2.05, 4.69) is 0 Å². The van der Waals surface area contributed by atoms with Crippen LogP contribution in [-0.4, -0.2) is 77.7 Å². The molecule has 4 aliphatic carbocycles. The van der Waals surface area contributed by atoms with Crippen molar-refractivity contribution in [1.29, 1.82) is 0 Å². The summed E-state index contributed by atoms with van der Waals surface area (Å²) in [7, 11) is 1.31. The Labute approximate surface area is 266 Å². The van der Waals surface area contributed by atoms with Gasteiger partial charge in [-0.2, -0.15) is 0 Å². The predicted octanol–water partition coefficient (Wildman–Crippen LogP) is 3.12. The second kappa shape index (κ2) is 9.55. The van der Waals surface area contributed by atoms with Crippen molar-refractivity contribution in [3.8, 4) is 0 Å². The molecule has 8 rings (SSSR count). The molecule has 1 aromatic rings. The van der Waals surface area contributed by atoms with Gasteiger partial charge in [0.25, 0.3) is 5.97 Å². The SMILES string of the molecule is COC(=O)CC1C2(C)CC1(C)C13CCC4(C)C(c5ccoc5)OC(=O)CC4C14OC(C)(OCC(O)(C2OC(C)=O)C4OC(C)=O)O3. The van der Waals surface area contributed by atoms with Crippen LogP contribution in [-0.2, 0) is 52.3 Å². The van der Waals surface area contributed by atoms with Crippen LogP contribution in [0.2, 0.25) is 0 Å². The lowest BCUT2D eigenvalue weighted by atomic mass is 9.30. The predicted molar refractivity (Wildman–Crippen MR) is 152 cm³/mol. The molecule has 7 fully saturated rings. The number of carbonyl (C=O) groups is 4. The zero-order valence-corrected chi connectivity index (χ0v) is 27.2. The standard InChI is InChI=1S/C33H42O13/c1-17(34)42-25-28(4)15-29(5,20(28)12-22(36)39-7)32-10-9-27(3)21(13-23(37)44-24(27)19-8-11-40-14-19)33(32)26(43-18(2)35)31(25,38)16-41-30(6,45-32)46-33/h8,11,14,20-21,24-26,38H,9-10,12-13,15-16H2,1-7H3. The topological polar surface area (TPSA) is 166 Å². The zero-order valence-electron chi connectivity index (χ0n) is 27.2. The maximum absolute atomic E-state index is 13.6. The molecule has 13 nitrogen and oxygen atoms in total. The first-order valence-electron chi connectivity index (χ1n) is 15.8. The number of hydrogen-bond donors (Lipinski definition) is 1. The molecule has 252 valence electrons. The Morgan fingerprint density at radius 2 is 1.70 bits per heavy atom. The molecular formula is C33H42O13. The Morgan fingerprint density at radius 1 is 1.00 bits per heavy atom. The molecule has 4 saturated carbocycles. The molecule has 12 atom stereocenters. The van der Waals surface area contributed by atoms with Crippen molar-refractivity contribution in [1.82, 2.24) is 0 Å². The summed E-state index contributed by atoms with van der Waals surface area (Å²) in [4.78, 5) is 52.6. The van der Waals surface area contributed by atoms with E-state index in [9.17, 15) is 24.3 Å². The fraction of sp³-hybridized carbons (Fsp3) is 0.758. The summed E-state index contributed by atoms with van der Waals surface area (Å²) in [5, 5.41) is 13.2. The van der Waals surface area contributed by atoms with Crippen molar-refractivity contribution in [3.63, 3.8) is 0 Å².